The number of alkyl halides is 3. The molecular weight excluding hydrogens is 665 g/mol. The molecule has 3 aromatic heterocycles. The summed E-state index contributed by atoms with van der Waals surface area (Å²) in [6.45, 7) is 6.40. The number of amides is 3. The minimum Gasteiger partial charge on any atom is -0.338 e. The van der Waals surface area contributed by atoms with Crippen LogP contribution in [0.5, 0.6) is 0 Å². The van der Waals surface area contributed by atoms with Gasteiger partial charge >= 0.3 is 6.18 Å². The van der Waals surface area contributed by atoms with E-state index in [1.165, 1.54) is 24.4 Å². The summed E-state index contributed by atoms with van der Waals surface area (Å²) in [6, 6.07) is 7.46. The first-order valence-corrected chi connectivity index (χ1v) is 16.3. The zero-order valence-corrected chi connectivity index (χ0v) is 27.9. The molecule has 0 aliphatic carbocycles. The lowest BCUT2D eigenvalue weighted by atomic mass is 10.1. The molecule has 5 N–H and O–H groups in total. The van der Waals surface area contributed by atoms with Crippen molar-refractivity contribution in [3.05, 3.63) is 71.0 Å². The molecule has 1 aromatic carbocycles. The van der Waals surface area contributed by atoms with Gasteiger partial charge < -0.3 is 30.7 Å². The lowest BCUT2D eigenvalue weighted by Crippen LogP contribution is -2.72. The average molecular weight is 702 g/mol. The van der Waals surface area contributed by atoms with Crippen molar-refractivity contribution in [2.75, 3.05) is 45.1 Å². The number of nitrogens with zero attached hydrogens (tertiary/aromatic N) is 6. The third-order valence-corrected chi connectivity index (χ3v) is 8.41. The zero-order chi connectivity index (χ0) is 35.3. The molecule has 49 heavy (non-hydrogen) atoms. The Balaban J connectivity index is 0.00000230. The number of halogens is 4. The molecule has 6 rings (SSSR count). The summed E-state index contributed by atoms with van der Waals surface area (Å²) in [5.74, 6) is -1.05. The van der Waals surface area contributed by atoms with Crippen LogP contribution in [0.25, 0.3) is 17.1 Å². The Hall–Kier alpha value is -4.80. The van der Waals surface area contributed by atoms with E-state index in [0.717, 1.165) is 42.1 Å². The van der Waals surface area contributed by atoms with Gasteiger partial charge in [-0.3, -0.25) is 14.4 Å². The van der Waals surface area contributed by atoms with Crippen molar-refractivity contribution in [3.63, 3.8) is 0 Å². The van der Waals surface area contributed by atoms with E-state index in [2.05, 4.69) is 30.7 Å². The number of hydrogen-bond acceptors (Lipinski definition) is 7. The van der Waals surface area contributed by atoms with Gasteiger partial charge in [0.1, 0.15) is 5.69 Å². The summed E-state index contributed by atoms with van der Waals surface area (Å²) in [6.07, 6.45) is 0.772. The second-order valence-corrected chi connectivity index (χ2v) is 11.5. The average Bonchev–Trinajstić information content (AvgIpc) is 3.90. The number of anilines is 1. The normalized spacial score (nSPS) is 16.3. The number of aromatic nitrogens is 5. The van der Waals surface area contributed by atoms with Gasteiger partial charge in [0.25, 0.3) is 11.8 Å². The standard InChI is InChI=1S/C30H30ClF3N10O3.C2H6/c1-35-18-5-7-24(37-14-18)44-16-20(25(41-44)30(32,33)34)23-15-38-26(40-23)27(45)39-17-4-6-19(21(31)13-17)28(46)42-9-11-43(12-10-42)29(47)22-3-2-8-36-22;1-2/h4-7,13-16,22,35-36H,2-3,8-12H2,1H3,(H,38,40)(H,39,45);1-2H3/p+1. The van der Waals surface area contributed by atoms with Gasteiger partial charge in [0.2, 0.25) is 5.91 Å². The van der Waals surface area contributed by atoms with E-state index in [-0.39, 0.29) is 57.0 Å². The van der Waals surface area contributed by atoms with Crippen molar-refractivity contribution < 1.29 is 32.9 Å². The minimum absolute atomic E-state index is 0.0567. The molecule has 2 aliphatic heterocycles. The maximum atomic E-state index is 13.9. The molecule has 1 unspecified atom stereocenters. The summed E-state index contributed by atoms with van der Waals surface area (Å²) >= 11 is 6.43. The number of carbonyl (C=O) groups is 3. The lowest BCUT2D eigenvalue weighted by Gasteiger charge is -2.36. The minimum atomic E-state index is -4.79. The van der Waals surface area contributed by atoms with Crippen molar-refractivity contribution in [1.29, 1.82) is 0 Å². The Morgan fingerprint density at radius 2 is 1.76 bits per heavy atom. The fourth-order valence-electron chi connectivity index (χ4n) is 5.55. The molecule has 2 aliphatic rings. The second-order valence-electron chi connectivity index (χ2n) is 11.1. The van der Waals surface area contributed by atoms with E-state index < -0.39 is 17.8 Å². The molecule has 4 aromatic rings. The molecule has 13 nitrogen and oxygen atoms in total. The van der Waals surface area contributed by atoms with Gasteiger partial charge in [0.15, 0.2) is 17.3 Å². The predicted molar refractivity (Wildman–Crippen MR) is 176 cm³/mol. The zero-order valence-electron chi connectivity index (χ0n) is 27.1. The number of quaternary nitrogens is 1. The third kappa shape index (κ3) is 7.92. The second kappa shape index (κ2) is 15.2. The van der Waals surface area contributed by atoms with Gasteiger partial charge in [-0.15, -0.1) is 0 Å². The molecule has 0 spiro atoms. The molecule has 3 amide bonds. The number of carbonyl (C=O) groups excluding carboxylic acids is 3. The van der Waals surface area contributed by atoms with Crippen LogP contribution in [0.2, 0.25) is 5.02 Å². The summed E-state index contributed by atoms with van der Waals surface area (Å²) in [5, 5.41) is 11.4. The van der Waals surface area contributed by atoms with Crippen LogP contribution in [0.3, 0.4) is 0 Å². The van der Waals surface area contributed by atoms with Crippen molar-refractivity contribution >= 4 is 40.7 Å². The number of rotatable bonds is 7. The maximum absolute atomic E-state index is 13.9. The van der Waals surface area contributed by atoms with Crippen LogP contribution in [-0.4, -0.2) is 98.1 Å². The Bertz CT molecular complexity index is 1790. The van der Waals surface area contributed by atoms with Crippen LogP contribution in [0.4, 0.5) is 24.5 Å². The van der Waals surface area contributed by atoms with Crippen LogP contribution in [0, 0.1) is 0 Å². The number of nitrogens with two attached hydrogens (primary N) is 1. The molecule has 17 heteroatoms. The fraction of sp³-hybridized carbons (Fsp3) is 0.375. The monoisotopic (exact) mass is 701 g/mol. The van der Waals surface area contributed by atoms with Gasteiger partial charge in [-0.1, -0.05) is 25.4 Å². The summed E-state index contributed by atoms with van der Waals surface area (Å²) < 4.78 is 42.8. The summed E-state index contributed by atoms with van der Waals surface area (Å²) in [4.78, 5) is 53.0. The highest BCUT2D eigenvalue weighted by molar-refractivity contribution is 6.34. The quantitative estimate of drug-likeness (QED) is 0.230. The van der Waals surface area contributed by atoms with Crippen LogP contribution in [-0.2, 0) is 11.0 Å². The number of H-pyrrole nitrogens is 1. The van der Waals surface area contributed by atoms with Gasteiger partial charge in [-0.25, -0.2) is 14.6 Å². The molecule has 5 heterocycles. The molecule has 2 saturated heterocycles. The third-order valence-electron chi connectivity index (χ3n) is 8.10. The van der Waals surface area contributed by atoms with E-state index in [9.17, 15) is 27.6 Å². The summed E-state index contributed by atoms with van der Waals surface area (Å²) in [5.41, 5.74) is -0.293. The Morgan fingerprint density at radius 3 is 2.37 bits per heavy atom. The number of pyridine rings is 1. The first-order valence-electron chi connectivity index (χ1n) is 15.9. The SMILES string of the molecule is CC.C[NH2+]c1ccc(-n2cc(-c3cnc(C(=O)Nc4ccc(C(=O)N5CCN(C(=O)C6CCCN6)CC5)c(Cl)c4)[nH]3)c(C(F)(F)F)n2)nc1. The highest BCUT2D eigenvalue weighted by Crippen LogP contribution is 2.36. The van der Waals surface area contributed by atoms with Gasteiger partial charge in [0.05, 0.1) is 47.3 Å². The number of imidazole rings is 1. The first-order chi connectivity index (χ1) is 23.5. The van der Waals surface area contributed by atoms with Crippen LogP contribution < -0.4 is 16.0 Å². The lowest BCUT2D eigenvalue weighted by molar-refractivity contribution is -0.539. The highest BCUT2D eigenvalue weighted by atomic mass is 35.5. The highest BCUT2D eigenvalue weighted by Gasteiger charge is 2.38. The van der Waals surface area contributed by atoms with E-state index in [1.807, 2.05) is 20.9 Å². The topological polar surface area (TPSA) is 158 Å². The first kappa shape index (κ1) is 35.5. The Morgan fingerprint density at radius 1 is 1.02 bits per heavy atom. The number of piperazine rings is 1. The molecule has 1 atom stereocenters. The van der Waals surface area contributed by atoms with Gasteiger partial charge in [-0.05, 0) is 43.7 Å². The van der Waals surface area contributed by atoms with Gasteiger partial charge in [0, 0.05) is 44.1 Å². The molecule has 2 fully saturated rings. The molecular formula is C32H37ClF3N10O3+. The van der Waals surface area contributed by atoms with Crippen molar-refractivity contribution in [3.8, 4) is 17.1 Å². The Kier molecular flexibility index (Phi) is 11.0. The van der Waals surface area contributed by atoms with E-state index in [4.69, 9.17) is 11.6 Å². The maximum Gasteiger partial charge on any atom is 0.435 e. The van der Waals surface area contributed by atoms with Crippen molar-refractivity contribution in [2.24, 2.45) is 0 Å². The van der Waals surface area contributed by atoms with E-state index in [0.29, 0.717) is 26.2 Å². The van der Waals surface area contributed by atoms with Crippen LogP contribution >= 0.6 is 11.6 Å². The van der Waals surface area contributed by atoms with Crippen LogP contribution in [0.1, 0.15) is 53.4 Å². The summed E-state index contributed by atoms with van der Waals surface area (Å²) in [7, 11) is 1.81. The number of benzene rings is 1. The smallest absolute Gasteiger partial charge is 0.338 e. The number of nitrogens with one attached hydrogen (secondary N) is 3. The van der Waals surface area contributed by atoms with Crippen molar-refractivity contribution in [2.45, 2.75) is 38.9 Å². The molecule has 0 saturated carbocycles. The van der Waals surface area contributed by atoms with Crippen molar-refractivity contribution in [1.82, 2.24) is 39.8 Å². The fourth-order valence-corrected chi connectivity index (χ4v) is 5.81. The number of hydrogen-bond donors (Lipinski definition) is 4. The van der Waals surface area contributed by atoms with E-state index >= 15 is 0 Å². The molecule has 0 bridgehead atoms. The predicted octanol–water partition coefficient (Wildman–Crippen LogP) is 3.47. The molecule has 0 radical (unpaired) electrons. The molecule has 260 valence electrons. The largest absolute Gasteiger partial charge is 0.435 e. The van der Waals surface area contributed by atoms with Crippen LogP contribution in [0.15, 0.2) is 48.9 Å². The van der Waals surface area contributed by atoms with Gasteiger partial charge in [-0.2, -0.15) is 18.3 Å². The Labute approximate surface area is 285 Å². The number of aromatic amines is 1. The van der Waals surface area contributed by atoms with E-state index in [1.54, 1.807) is 27.2 Å².